The van der Waals surface area contributed by atoms with Gasteiger partial charge in [-0.1, -0.05) is 6.92 Å². The molecule has 0 radical (unpaired) electrons. The summed E-state index contributed by atoms with van der Waals surface area (Å²) in [5.74, 6) is -0.439. The van der Waals surface area contributed by atoms with Crippen molar-refractivity contribution in [2.75, 3.05) is 19.8 Å². The van der Waals surface area contributed by atoms with E-state index in [4.69, 9.17) is 10.5 Å². The molecule has 0 aliphatic heterocycles. The van der Waals surface area contributed by atoms with Crippen LogP contribution in [0.25, 0.3) is 0 Å². The van der Waals surface area contributed by atoms with E-state index in [1.807, 2.05) is 10.7 Å². The monoisotopic (exact) mass is 240 g/mol. The number of hydrogen-bond donors (Lipinski definition) is 2. The third-order valence-electron chi connectivity index (χ3n) is 2.21. The molecule has 0 unspecified atom stereocenters. The lowest BCUT2D eigenvalue weighted by Gasteiger charge is -2.07. The molecule has 0 spiro atoms. The van der Waals surface area contributed by atoms with Gasteiger partial charge in [0, 0.05) is 25.8 Å². The molecule has 1 aromatic rings. The molecule has 17 heavy (non-hydrogen) atoms. The van der Waals surface area contributed by atoms with Crippen molar-refractivity contribution in [2.45, 2.75) is 26.4 Å². The molecule has 0 atom stereocenters. The Balaban J connectivity index is 2.13. The number of rotatable bonds is 9. The van der Waals surface area contributed by atoms with Crippen LogP contribution in [-0.4, -0.2) is 35.4 Å². The number of aromatic nitrogens is 2. The first kappa shape index (κ1) is 13.7. The van der Waals surface area contributed by atoms with Crippen molar-refractivity contribution in [3.8, 4) is 0 Å². The smallest absolute Gasteiger partial charge is 0.243 e. The van der Waals surface area contributed by atoms with Crippen molar-refractivity contribution >= 4 is 5.91 Å². The van der Waals surface area contributed by atoms with Crippen LogP contribution in [0.1, 0.15) is 19.0 Å². The first-order chi connectivity index (χ1) is 8.24. The highest BCUT2D eigenvalue weighted by Crippen LogP contribution is 1.99. The summed E-state index contributed by atoms with van der Waals surface area (Å²) in [6.07, 6.45) is 2.87. The van der Waals surface area contributed by atoms with E-state index < -0.39 is 5.91 Å². The molecule has 1 aromatic heterocycles. The molecule has 1 amide bonds. The molecule has 1 rings (SSSR count). The first-order valence-corrected chi connectivity index (χ1v) is 5.81. The lowest BCUT2D eigenvalue weighted by molar-refractivity contribution is -0.122. The zero-order valence-electron chi connectivity index (χ0n) is 10.2. The Hall–Kier alpha value is -1.40. The number of primary amides is 1. The van der Waals surface area contributed by atoms with E-state index in [-0.39, 0.29) is 6.61 Å². The lowest BCUT2D eigenvalue weighted by Crippen LogP contribution is -2.24. The summed E-state index contributed by atoms with van der Waals surface area (Å²) in [7, 11) is 0. The van der Waals surface area contributed by atoms with Crippen molar-refractivity contribution in [1.82, 2.24) is 15.1 Å². The fourth-order valence-corrected chi connectivity index (χ4v) is 1.46. The minimum Gasteiger partial charge on any atom is -0.370 e. The van der Waals surface area contributed by atoms with Crippen molar-refractivity contribution in [3.05, 3.63) is 18.0 Å². The van der Waals surface area contributed by atoms with Crippen LogP contribution in [0, 0.1) is 0 Å². The fraction of sp³-hybridized carbons (Fsp3) is 0.636. The molecular formula is C11H20N4O2. The van der Waals surface area contributed by atoms with Gasteiger partial charge >= 0.3 is 0 Å². The number of nitrogens with two attached hydrogens (primary N) is 1. The molecule has 0 aromatic carbocycles. The van der Waals surface area contributed by atoms with E-state index >= 15 is 0 Å². The van der Waals surface area contributed by atoms with E-state index in [1.165, 1.54) is 0 Å². The van der Waals surface area contributed by atoms with Gasteiger partial charge in [-0.05, 0) is 12.5 Å². The van der Waals surface area contributed by atoms with Crippen molar-refractivity contribution in [1.29, 1.82) is 0 Å². The van der Waals surface area contributed by atoms with Gasteiger partial charge in [0.05, 0.1) is 12.3 Å². The predicted molar refractivity (Wildman–Crippen MR) is 64.2 cm³/mol. The normalized spacial score (nSPS) is 10.6. The van der Waals surface area contributed by atoms with Gasteiger partial charge in [-0.15, -0.1) is 0 Å². The molecule has 0 aliphatic rings. The second kappa shape index (κ2) is 7.81. The zero-order chi connectivity index (χ0) is 12.5. The summed E-state index contributed by atoms with van der Waals surface area (Å²) >= 11 is 0. The summed E-state index contributed by atoms with van der Waals surface area (Å²) in [4.78, 5) is 10.4. The maximum atomic E-state index is 10.4. The quantitative estimate of drug-likeness (QED) is 0.590. The van der Waals surface area contributed by atoms with Gasteiger partial charge in [0.1, 0.15) is 6.61 Å². The second-order valence-electron chi connectivity index (χ2n) is 3.74. The third-order valence-corrected chi connectivity index (χ3v) is 2.21. The summed E-state index contributed by atoms with van der Waals surface area (Å²) in [6.45, 7) is 4.95. The van der Waals surface area contributed by atoms with Crippen LogP contribution in [0.2, 0.25) is 0 Å². The van der Waals surface area contributed by atoms with E-state index in [0.717, 1.165) is 25.2 Å². The number of carbonyl (C=O) groups excluding carboxylic acids is 1. The van der Waals surface area contributed by atoms with E-state index in [1.54, 1.807) is 6.20 Å². The average molecular weight is 240 g/mol. The van der Waals surface area contributed by atoms with Crippen LogP contribution >= 0.6 is 0 Å². The van der Waals surface area contributed by atoms with Gasteiger partial charge in [0.25, 0.3) is 0 Å². The second-order valence-corrected chi connectivity index (χ2v) is 3.74. The summed E-state index contributed by atoms with van der Waals surface area (Å²) in [6, 6.07) is 1.99. The standard InChI is InChI=1S/C11H20N4O2/c1-2-6-15-10(3-4-14-15)8-13-5-7-17-9-11(12)16/h3-4,13H,2,5-9H2,1H3,(H2,12,16). The Kier molecular flexibility index (Phi) is 6.27. The van der Waals surface area contributed by atoms with Gasteiger partial charge in [-0.2, -0.15) is 5.10 Å². The molecule has 6 nitrogen and oxygen atoms in total. The van der Waals surface area contributed by atoms with Crippen LogP contribution < -0.4 is 11.1 Å². The third kappa shape index (κ3) is 5.46. The number of ether oxygens (including phenoxy) is 1. The topological polar surface area (TPSA) is 82.2 Å². The van der Waals surface area contributed by atoms with Crippen molar-refractivity contribution in [3.63, 3.8) is 0 Å². The van der Waals surface area contributed by atoms with Gasteiger partial charge in [-0.25, -0.2) is 0 Å². The largest absolute Gasteiger partial charge is 0.370 e. The SMILES string of the molecule is CCCn1nccc1CNCCOCC(N)=O. The summed E-state index contributed by atoms with van der Waals surface area (Å²) in [5.41, 5.74) is 6.10. The molecule has 0 bridgehead atoms. The van der Waals surface area contributed by atoms with Crippen LogP contribution in [0.5, 0.6) is 0 Å². The Morgan fingerprint density at radius 2 is 2.47 bits per heavy atom. The highest BCUT2D eigenvalue weighted by atomic mass is 16.5. The molecule has 3 N–H and O–H groups in total. The van der Waals surface area contributed by atoms with Crippen LogP contribution in [0.15, 0.2) is 12.3 Å². The Morgan fingerprint density at radius 3 is 3.18 bits per heavy atom. The Labute approximate surface area is 101 Å². The van der Waals surface area contributed by atoms with E-state index in [0.29, 0.717) is 13.2 Å². The highest BCUT2D eigenvalue weighted by molar-refractivity contribution is 5.74. The molecule has 0 fully saturated rings. The number of carbonyl (C=O) groups is 1. The number of nitrogens with zero attached hydrogens (tertiary/aromatic N) is 2. The number of hydrogen-bond acceptors (Lipinski definition) is 4. The summed E-state index contributed by atoms with van der Waals surface area (Å²) in [5, 5.41) is 7.45. The van der Waals surface area contributed by atoms with Gasteiger partial charge < -0.3 is 15.8 Å². The minimum absolute atomic E-state index is 0.0184. The molecule has 0 saturated heterocycles. The minimum atomic E-state index is -0.439. The van der Waals surface area contributed by atoms with Gasteiger partial charge in [0.2, 0.25) is 5.91 Å². The molecular weight excluding hydrogens is 220 g/mol. The fourth-order valence-electron chi connectivity index (χ4n) is 1.46. The molecule has 1 heterocycles. The molecule has 0 saturated carbocycles. The van der Waals surface area contributed by atoms with Gasteiger partial charge in [-0.3, -0.25) is 9.48 Å². The zero-order valence-corrected chi connectivity index (χ0v) is 10.2. The molecule has 6 heteroatoms. The Bertz CT molecular complexity index is 338. The first-order valence-electron chi connectivity index (χ1n) is 5.81. The lowest BCUT2D eigenvalue weighted by atomic mass is 10.4. The molecule has 96 valence electrons. The van der Waals surface area contributed by atoms with Gasteiger partial charge in [0.15, 0.2) is 0 Å². The van der Waals surface area contributed by atoms with Crippen molar-refractivity contribution in [2.24, 2.45) is 5.73 Å². The van der Waals surface area contributed by atoms with Crippen molar-refractivity contribution < 1.29 is 9.53 Å². The van der Waals surface area contributed by atoms with E-state index in [2.05, 4.69) is 17.3 Å². The van der Waals surface area contributed by atoms with E-state index in [9.17, 15) is 4.79 Å². The summed E-state index contributed by atoms with van der Waals surface area (Å²) < 4.78 is 7.02. The predicted octanol–water partition coefficient (Wildman–Crippen LogP) is -0.115. The average Bonchev–Trinajstić information content (AvgIpc) is 2.71. The van der Waals surface area contributed by atoms with Crippen LogP contribution in [0.3, 0.4) is 0 Å². The maximum absolute atomic E-state index is 10.4. The number of nitrogens with one attached hydrogen (secondary N) is 1. The highest BCUT2D eigenvalue weighted by Gasteiger charge is 2.00. The van der Waals surface area contributed by atoms with Crippen LogP contribution in [0.4, 0.5) is 0 Å². The number of amides is 1. The number of aryl methyl sites for hydroxylation is 1. The Morgan fingerprint density at radius 1 is 1.65 bits per heavy atom. The molecule has 0 aliphatic carbocycles. The van der Waals surface area contributed by atoms with Crippen LogP contribution in [-0.2, 0) is 22.6 Å². The maximum Gasteiger partial charge on any atom is 0.243 e.